The molecule has 8 heteroatoms. The number of rotatable bonds is 11. The van der Waals surface area contributed by atoms with Crippen LogP contribution < -0.4 is 0 Å². The first kappa shape index (κ1) is 21.9. The fourth-order valence-electron chi connectivity index (χ4n) is 2.26. The molecule has 1 heterocycles. The van der Waals surface area contributed by atoms with Crippen LogP contribution in [0.15, 0.2) is 0 Å². The van der Waals surface area contributed by atoms with Crippen molar-refractivity contribution in [2.45, 2.75) is 71.0 Å². The third kappa shape index (κ3) is 8.20. The molecule has 0 aromatic carbocycles. The van der Waals surface area contributed by atoms with Gasteiger partial charge in [0.1, 0.15) is 0 Å². The molecule has 0 spiro atoms. The van der Waals surface area contributed by atoms with E-state index in [-0.39, 0.29) is 24.9 Å². The van der Waals surface area contributed by atoms with Gasteiger partial charge in [0.05, 0.1) is 30.8 Å². The van der Waals surface area contributed by atoms with Crippen LogP contribution in [0.5, 0.6) is 0 Å². The molecule has 0 saturated carbocycles. The summed E-state index contributed by atoms with van der Waals surface area (Å²) in [6, 6.07) is 0. The van der Waals surface area contributed by atoms with Crippen molar-refractivity contribution >= 4 is 30.4 Å². The number of hydrogen-bond donors (Lipinski definition) is 1. The molecular weight excluding hydrogens is 346 g/mol. The standard InChI is InChI=1S/C17H29NO6S/c1-16(2,22-10-11-23-17(3,4)9-12-25)8-7-15(21)24-18-13(19)5-6-14(18)20/h25H,5-12H2,1-4H3. The van der Waals surface area contributed by atoms with Gasteiger partial charge in [0.15, 0.2) is 0 Å². The predicted octanol–water partition coefficient (Wildman–Crippen LogP) is 2.28. The van der Waals surface area contributed by atoms with E-state index in [4.69, 9.17) is 14.3 Å². The topological polar surface area (TPSA) is 82.1 Å². The van der Waals surface area contributed by atoms with E-state index >= 15 is 0 Å². The van der Waals surface area contributed by atoms with E-state index < -0.39 is 23.4 Å². The quantitative estimate of drug-likeness (QED) is 0.339. The Morgan fingerprint density at radius 1 is 1.00 bits per heavy atom. The van der Waals surface area contributed by atoms with Crippen LogP contribution >= 0.6 is 12.6 Å². The van der Waals surface area contributed by atoms with E-state index in [0.29, 0.717) is 24.7 Å². The van der Waals surface area contributed by atoms with Gasteiger partial charge in [0.25, 0.3) is 11.8 Å². The summed E-state index contributed by atoms with van der Waals surface area (Å²) in [4.78, 5) is 39.5. The minimum atomic E-state index is -0.619. The average molecular weight is 375 g/mol. The van der Waals surface area contributed by atoms with Crippen LogP contribution in [0.2, 0.25) is 0 Å². The van der Waals surface area contributed by atoms with Crippen molar-refractivity contribution in [2.75, 3.05) is 19.0 Å². The van der Waals surface area contributed by atoms with Gasteiger partial charge < -0.3 is 14.3 Å². The fraction of sp³-hybridized carbons (Fsp3) is 0.824. The second-order valence-electron chi connectivity index (χ2n) is 7.24. The highest BCUT2D eigenvalue weighted by Gasteiger charge is 2.33. The molecule has 0 N–H and O–H groups in total. The monoisotopic (exact) mass is 375 g/mol. The van der Waals surface area contributed by atoms with Gasteiger partial charge in [-0.05, 0) is 46.3 Å². The molecule has 1 aliphatic heterocycles. The highest BCUT2D eigenvalue weighted by molar-refractivity contribution is 7.80. The predicted molar refractivity (Wildman–Crippen MR) is 94.9 cm³/mol. The number of carbonyl (C=O) groups is 3. The van der Waals surface area contributed by atoms with Crippen LogP contribution in [0.25, 0.3) is 0 Å². The van der Waals surface area contributed by atoms with Gasteiger partial charge in [-0.15, -0.1) is 5.06 Å². The lowest BCUT2D eigenvalue weighted by Gasteiger charge is -2.28. The Hall–Kier alpha value is -1.12. The number of amides is 2. The molecule has 0 bridgehead atoms. The molecule has 0 aromatic heterocycles. The third-order valence-corrected chi connectivity index (χ3v) is 4.14. The lowest BCUT2D eigenvalue weighted by atomic mass is 10.0. The summed E-state index contributed by atoms with van der Waals surface area (Å²) >= 11 is 4.20. The molecule has 0 aliphatic carbocycles. The lowest BCUT2D eigenvalue weighted by molar-refractivity contribution is -0.198. The zero-order valence-electron chi connectivity index (χ0n) is 15.5. The highest BCUT2D eigenvalue weighted by atomic mass is 32.1. The van der Waals surface area contributed by atoms with Crippen molar-refractivity contribution in [2.24, 2.45) is 0 Å². The second kappa shape index (κ2) is 9.54. The third-order valence-electron chi connectivity index (χ3n) is 3.91. The van der Waals surface area contributed by atoms with E-state index in [1.54, 1.807) is 0 Å². The first-order valence-corrected chi connectivity index (χ1v) is 9.15. The number of imide groups is 1. The lowest BCUT2D eigenvalue weighted by Crippen LogP contribution is -2.34. The summed E-state index contributed by atoms with van der Waals surface area (Å²) in [5.74, 6) is -0.820. The van der Waals surface area contributed by atoms with Gasteiger partial charge in [-0.3, -0.25) is 9.59 Å². The molecule has 7 nitrogen and oxygen atoms in total. The van der Waals surface area contributed by atoms with Gasteiger partial charge in [0.2, 0.25) is 0 Å². The molecule has 0 aromatic rings. The average Bonchev–Trinajstić information content (AvgIpc) is 2.82. The van der Waals surface area contributed by atoms with Crippen molar-refractivity contribution in [3.63, 3.8) is 0 Å². The Morgan fingerprint density at radius 3 is 1.96 bits per heavy atom. The number of hydrogen-bond acceptors (Lipinski definition) is 7. The number of ether oxygens (including phenoxy) is 2. The van der Waals surface area contributed by atoms with Crippen molar-refractivity contribution < 1.29 is 28.7 Å². The van der Waals surface area contributed by atoms with E-state index in [0.717, 1.165) is 12.2 Å². The molecule has 2 amide bonds. The Kier molecular flexibility index (Phi) is 8.37. The molecule has 0 radical (unpaired) electrons. The molecule has 144 valence electrons. The number of carbonyl (C=O) groups excluding carboxylic acids is 3. The van der Waals surface area contributed by atoms with Crippen LogP contribution in [-0.2, 0) is 28.7 Å². The number of nitrogens with zero attached hydrogens (tertiary/aromatic N) is 1. The van der Waals surface area contributed by atoms with E-state index in [1.807, 2.05) is 27.7 Å². The summed E-state index contributed by atoms with van der Waals surface area (Å²) in [6.45, 7) is 8.60. The molecule has 1 saturated heterocycles. The zero-order chi connectivity index (χ0) is 19.1. The smallest absolute Gasteiger partial charge is 0.333 e. The van der Waals surface area contributed by atoms with Crippen LogP contribution in [0, 0.1) is 0 Å². The maximum atomic E-state index is 11.8. The minimum absolute atomic E-state index is 0.0516. The summed E-state index contributed by atoms with van der Waals surface area (Å²) < 4.78 is 11.5. The highest BCUT2D eigenvalue weighted by Crippen LogP contribution is 2.20. The van der Waals surface area contributed by atoms with E-state index in [9.17, 15) is 14.4 Å². The summed E-state index contributed by atoms with van der Waals surface area (Å²) in [5.41, 5.74) is -0.789. The van der Waals surface area contributed by atoms with Crippen molar-refractivity contribution in [1.82, 2.24) is 5.06 Å². The molecule has 1 rings (SSSR count). The Bertz CT molecular complexity index is 476. The molecule has 1 fully saturated rings. The van der Waals surface area contributed by atoms with Crippen molar-refractivity contribution in [1.29, 1.82) is 0 Å². The number of hydroxylamine groups is 2. The van der Waals surface area contributed by atoms with Crippen LogP contribution in [0.3, 0.4) is 0 Å². The normalized spacial score (nSPS) is 15.8. The van der Waals surface area contributed by atoms with Crippen LogP contribution in [0.4, 0.5) is 0 Å². The van der Waals surface area contributed by atoms with Gasteiger partial charge in [-0.1, -0.05) is 0 Å². The van der Waals surface area contributed by atoms with Crippen molar-refractivity contribution in [3.8, 4) is 0 Å². The first-order valence-electron chi connectivity index (χ1n) is 8.52. The number of thiol groups is 1. The Balaban J connectivity index is 2.27. The molecule has 0 atom stereocenters. The van der Waals surface area contributed by atoms with E-state index in [1.165, 1.54) is 0 Å². The summed E-state index contributed by atoms with van der Waals surface area (Å²) in [5, 5.41) is 0.563. The van der Waals surface area contributed by atoms with Gasteiger partial charge in [-0.25, -0.2) is 4.79 Å². The Morgan fingerprint density at radius 2 is 1.48 bits per heavy atom. The summed E-state index contributed by atoms with van der Waals surface area (Å²) in [7, 11) is 0. The Labute approximate surface area is 154 Å². The maximum absolute atomic E-state index is 11.8. The van der Waals surface area contributed by atoms with Crippen molar-refractivity contribution in [3.05, 3.63) is 0 Å². The van der Waals surface area contributed by atoms with Gasteiger partial charge >= 0.3 is 5.97 Å². The zero-order valence-corrected chi connectivity index (χ0v) is 16.4. The van der Waals surface area contributed by atoms with E-state index in [2.05, 4.69) is 12.6 Å². The second-order valence-corrected chi connectivity index (χ2v) is 7.68. The SMILES string of the molecule is CC(C)(CCS)OCCOC(C)(C)CCC(=O)ON1C(=O)CCC1=O. The molecule has 25 heavy (non-hydrogen) atoms. The van der Waals surface area contributed by atoms with Gasteiger partial charge in [-0.2, -0.15) is 12.6 Å². The molecule has 1 aliphatic rings. The first-order chi connectivity index (χ1) is 11.6. The maximum Gasteiger partial charge on any atom is 0.333 e. The minimum Gasteiger partial charge on any atom is -0.373 e. The van der Waals surface area contributed by atoms with Crippen LogP contribution in [-0.4, -0.2) is 53.0 Å². The summed E-state index contributed by atoms with van der Waals surface area (Å²) in [6.07, 6.45) is 1.48. The molecular formula is C17H29NO6S. The fourth-order valence-corrected chi connectivity index (χ4v) is 2.80. The molecule has 0 unspecified atom stereocenters. The largest absolute Gasteiger partial charge is 0.373 e. The van der Waals surface area contributed by atoms with Gasteiger partial charge in [0, 0.05) is 12.8 Å². The van der Waals surface area contributed by atoms with Crippen LogP contribution in [0.1, 0.15) is 59.8 Å².